The van der Waals surface area contributed by atoms with Gasteiger partial charge in [-0.1, -0.05) is 0 Å². The summed E-state index contributed by atoms with van der Waals surface area (Å²) in [4.78, 5) is 38.1. The van der Waals surface area contributed by atoms with Crippen LogP contribution in [0.15, 0.2) is 18.3 Å². The molecule has 0 aromatic carbocycles. The molecular formula is C11H15N3O4. The van der Waals surface area contributed by atoms with E-state index in [9.17, 15) is 14.4 Å². The van der Waals surface area contributed by atoms with E-state index < -0.39 is 17.8 Å². The van der Waals surface area contributed by atoms with E-state index in [0.717, 1.165) is 0 Å². The minimum absolute atomic E-state index is 0.0133. The maximum atomic E-state index is 11.5. The Kier molecular flexibility index (Phi) is 5.06. The molecule has 1 heterocycles. The third-order valence-corrected chi connectivity index (χ3v) is 2.14. The Morgan fingerprint density at radius 1 is 1.39 bits per heavy atom. The maximum absolute atomic E-state index is 11.5. The highest BCUT2D eigenvalue weighted by Gasteiger charge is 2.14. The number of nitrogens with one attached hydrogen (secondary N) is 2. The van der Waals surface area contributed by atoms with Gasteiger partial charge < -0.3 is 9.72 Å². The predicted molar refractivity (Wildman–Crippen MR) is 62.8 cm³/mol. The van der Waals surface area contributed by atoms with Crippen molar-refractivity contribution in [3.63, 3.8) is 0 Å². The number of hydrogen-bond donors (Lipinski definition) is 2. The van der Waals surface area contributed by atoms with Crippen molar-refractivity contribution in [3.05, 3.63) is 24.0 Å². The standard InChI is InChI=1S/C11H15N3O4/c1-14(7-10(16)18-2)6-9(15)13-11(17)8-4-3-5-12-8/h3-5,12H,6-7H2,1-2H3,(H,13,15,17). The number of carbonyl (C=O) groups is 3. The number of rotatable bonds is 5. The van der Waals surface area contributed by atoms with Crippen LogP contribution < -0.4 is 5.32 Å². The second-order valence-corrected chi connectivity index (χ2v) is 3.71. The number of aromatic nitrogens is 1. The molecule has 0 radical (unpaired) electrons. The molecule has 0 aliphatic carbocycles. The van der Waals surface area contributed by atoms with Crippen molar-refractivity contribution in [2.45, 2.75) is 0 Å². The molecule has 0 saturated carbocycles. The Labute approximate surface area is 104 Å². The Hall–Kier alpha value is -2.15. The van der Waals surface area contributed by atoms with E-state index in [0.29, 0.717) is 5.69 Å². The molecule has 0 saturated heterocycles. The minimum Gasteiger partial charge on any atom is -0.468 e. The van der Waals surface area contributed by atoms with Gasteiger partial charge in [-0.15, -0.1) is 0 Å². The van der Waals surface area contributed by atoms with Crippen molar-refractivity contribution in [2.24, 2.45) is 0 Å². The lowest BCUT2D eigenvalue weighted by Crippen LogP contribution is -2.40. The molecule has 0 bridgehead atoms. The van der Waals surface area contributed by atoms with Gasteiger partial charge in [-0.25, -0.2) is 0 Å². The fraction of sp³-hybridized carbons (Fsp3) is 0.364. The number of ether oxygens (including phenoxy) is 1. The number of methoxy groups -OCH3 is 1. The number of esters is 1. The number of likely N-dealkylation sites (N-methyl/N-ethyl adjacent to an activating group) is 1. The monoisotopic (exact) mass is 253 g/mol. The number of carbonyl (C=O) groups excluding carboxylic acids is 3. The van der Waals surface area contributed by atoms with Crippen LogP contribution in [-0.4, -0.2) is 54.9 Å². The molecule has 2 N–H and O–H groups in total. The number of H-pyrrole nitrogens is 1. The van der Waals surface area contributed by atoms with Gasteiger partial charge in [0, 0.05) is 6.20 Å². The van der Waals surface area contributed by atoms with E-state index >= 15 is 0 Å². The van der Waals surface area contributed by atoms with Crippen LogP contribution in [0.1, 0.15) is 10.5 Å². The highest BCUT2D eigenvalue weighted by Crippen LogP contribution is 1.93. The number of aromatic amines is 1. The van der Waals surface area contributed by atoms with Crippen molar-refractivity contribution in [3.8, 4) is 0 Å². The zero-order valence-corrected chi connectivity index (χ0v) is 10.2. The Morgan fingerprint density at radius 3 is 2.67 bits per heavy atom. The fourth-order valence-corrected chi connectivity index (χ4v) is 1.29. The fourth-order valence-electron chi connectivity index (χ4n) is 1.29. The lowest BCUT2D eigenvalue weighted by atomic mass is 10.4. The van der Waals surface area contributed by atoms with E-state index in [1.165, 1.54) is 12.0 Å². The van der Waals surface area contributed by atoms with Crippen LogP contribution in [0.2, 0.25) is 0 Å². The molecule has 1 aromatic heterocycles. The Bertz CT molecular complexity index is 428. The molecule has 0 aliphatic rings. The third kappa shape index (κ3) is 4.38. The lowest BCUT2D eigenvalue weighted by molar-refractivity contribution is -0.141. The highest BCUT2D eigenvalue weighted by molar-refractivity contribution is 6.04. The molecule has 0 atom stereocenters. The first-order valence-electron chi connectivity index (χ1n) is 5.26. The first-order valence-corrected chi connectivity index (χ1v) is 5.26. The van der Waals surface area contributed by atoms with E-state index in [1.54, 1.807) is 25.4 Å². The van der Waals surface area contributed by atoms with Crippen molar-refractivity contribution in [1.82, 2.24) is 15.2 Å². The Morgan fingerprint density at radius 2 is 2.11 bits per heavy atom. The summed E-state index contributed by atoms with van der Waals surface area (Å²) in [5.41, 5.74) is 0.305. The van der Waals surface area contributed by atoms with Gasteiger partial charge in [0.15, 0.2) is 0 Å². The van der Waals surface area contributed by atoms with Crippen molar-refractivity contribution < 1.29 is 19.1 Å². The summed E-state index contributed by atoms with van der Waals surface area (Å²) in [5.74, 6) is -1.43. The average molecular weight is 253 g/mol. The van der Waals surface area contributed by atoms with Gasteiger partial charge in [-0.3, -0.25) is 24.6 Å². The summed E-state index contributed by atoms with van der Waals surface area (Å²) >= 11 is 0. The van der Waals surface area contributed by atoms with Crippen LogP contribution in [0.4, 0.5) is 0 Å². The van der Waals surface area contributed by atoms with Gasteiger partial charge in [0.1, 0.15) is 5.69 Å². The average Bonchev–Trinajstić information content (AvgIpc) is 2.81. The van der Waals surface area contributed by atoms with Gasteiger partial charge in [0.05, 0.1) is 20.2 Å². The molecule has 7 nitrogen and oxygen atoms in total. The first kappa shape index (κ1) is 13.9. The van der Waals surface area contributed by atoms with Crippen LogP contribution in [0, 0.1) is 0 Å². The summed E-state index contributed by atoms with van der Waals surface area (Å²) in [5, 5.41) is 2.20. The molecule has 18 heavy (non-hydrogen) atoms. The summed E-state index contributed by atoms with van der Waals surface area (Å²) in [6, 6.07) is 3.21. The molecule has 0 fully saturated rings. The molecular weight excluding hydrogens is 238 g/mol. The van der Waals surface area contributed by atoms with Crippen molar-refractivity contribution >= 4 is 17.8 Å². The predicted octanol–water partition coefficient (Wildman–Crippen LogP) is -0.624. The van der Waals surface area contributed by atoms with Crippen LogP contribution in [0.5, 0.6) is 0 Å². The zero-order chi connectivity index (χ0) is 13.5. The quantitative estimate of drug-likeness (QED) is 0.682. The maximum Gasteiger partial charge on any atom is 0.319 e. The highest BCUT2D eigenvalue weighted by atomic mass is 16.5. The smallest absolute Gasteiger partial charge is 0.319 e. The second kappa shape index (κ2) is 6.55. The van der Waals surface area contributed by atoms with Gasteiger partial charge in [0.25, 0.3) is 5.91 Å². The lowest BCUT2D eigenvalue weighted by Gasteiger charge is -2.13. The zero-order valence-electron chi connectivity index (χ0n) is 10.2. The molecule has 98 valence electrons. The van der Waals surface area contributed by atoms with Gasteiger partial charge in [-0.2, -0.15) is 0 Å². The minimum atomic E-state index is -0.503. The first-order chi connectivity index (χ1) is 8.52. The van der Waals surface area contributed by atoms with Crippen molar-refractivity contribution in [2.75, 3.05) is 27.2 Å². The molecule has 1 rings (SSSR count). The summed E-state index contributed by atoms with van der Waals surface area (Å²) in [6.45, 7) is -0.0812. The van der Waals surface area contributed by atoms with E-state index in [1.807, 2.05) is 0 Å². The van der Waals surface area contributed by atoms with E-state index in [4.69, 9.17) is 0 Å². The number of nitrogens with zero attached hydrogens (tertiary/aromatic N) is 1. The normalized spacial score (nSPS) is 10.2. The van der Waals surface area contributed by atoms with Crippen LogP contribution >= 0.6 is 0 Å². The van der Waals surface area contributed by atoms with Gasteiger partial charge in [0.2, 0.25) is 5.91 Å². The number of amides is 2. The molecule has 0 aliphatic heterocycles. The van der Waals surface area contributed by atoms with Gasteiger partial charge in [-0.05, 0) is 19.2 Å². The Balaban J connectivity index is 2.37. The molecule has 2 amide bonds. The van der Waals surface area contributed by atoms with Gasteiger partial charge >= 0.3 is 5.97 Å². The van der Waals surface area contributed by atoms with Crippen molar-refractivity contribution in [1.29, 1.82) is 0 Å². The molecule has 1 aromatic rings. The van der Waals surface area contributed by atoms with E-state index in [-0.39, 0.29) is 13.1 Å². The number of imide groups is 1. The second-order valence-electron chi connectivity index (χ2n) is 3.71. The van der Waals surface area contributed by atoms with Crippen LogP contribution in [0.25, 0.3) is 0 Å². The number of hydrogen-bond acceptors (Lipinski definition) is 5. The molecule has 0 spiro atoms. The van der Waals surface area contributed by atoms with Crippen LogP contribution in [-0.2, 0) is 14.3 Å². The summed E-state index contributed by atoms with van der Waals surface area (Å²) in [7, 11) is 2.85. The topological polar surface area (TPSA) is 91.5 Å². The molecule has 0 unspecified atom stereocenters. The molecule has 7 heteroatoms. The third-order valence-electron chi connectivity index (χ3n) is 2.14. The summed E-state index contributed by atoms with van der Waals surface area (Å²) < 4.78 is 4.46. The van der Waals surface area contributed by atoms with E-state index in [2.05, 4.69) is 15.0 Å². The largest absolute Gasteiger partial charge is 0.468 e. The summed E-state index contributed by atoms with van der Waals surface area (Å²) in [6.07, 6.45) is 1.59. The van der Waals surface area contributed by atoms with Crippen LogP contribution in [0.3, 0.4) is 0 Å². The SMILES string of the molecule is COC(=O)CN(C)CC(=O)NC(=O)c1ccc[nH]1.